The molecule has 0 aliphatic heterocycles. The minimum atomic E-state index is -0.426. The molecule has 0 atom stereocenters. The van der Waals surface area contributed by atoms with E-state index < -0.39 is 5.91 Å². The molecule has 2 aromatic heterocycles. The Morgan fingerprint density at radius 1 is 1.27 bits per heavy atom. The van der Waals surface area contributed by atoms with Crippen molar-refractivity contribution in [2.45, 2.75) is 33.9 Å². The maximum Gasteiger partial charge on any atom is 0.326 e. The van der Waals surface area contributed by atoms with Gasteiger partial charge in [0.2, 0.25) is 0 Å². The molecular weight excluding hydrogens is 352 g/mol. The van der Waals surface area contributed by atoms with Crippen molar-refractivity contribution in [3.63, 3.8) is 0 Å². The quantitative estimate of drug-likeness (QED) is 0.645. The lowest BCUT2D eigenvalue weighted by Gasteiger charge is -2.04. The van der Waals surface area contributed by atoms with Crippen LogP contribution in [-0.4, -0.2) is 32.8 Å². The SMILES string of the molecule is CCOC(=O)Cn1c(=NC(=O)c2cc(C)n(CC)n2)sc2ccccc21. The minimum Gasteiger partial charge on any atom is -0.465 e. The first kappa shape index (κ1) is 18.1. The van der Waals surface area contributed by atoms with E-state index in [4.69, 9.17) is 4.74 Å². The van der Waals surface area contributed by atoms with Crippen LogP contribution < -0.4 is 4.80 Å². The number of nitrogens with zero attached hydrogens (tertiary/aromatic N) is 4. The summed E-state index contributed by atoms with van der Waals surface area (Å²) >= 11 is 1.36. The number of aromatic nitrogens is 3. The molecule has 8 heteroatoms. The number of aryl methyl sites for hydroxylation is 2. The van der Waals surface area contributed by atoms with Crippen LogP contribution in [0.3, 0.4) is 0 Å². The highest BCUT2D eigenvalue weighted by Gasteiger charge is 2.14. The standard InChI is InChI=1S/C18H20N4O3S/c1-4-22-12(3)10-13(20-22)17(24)19-18-21(11-16(23)25-5-2)14-8-6-7-9-15(14)26-18/h6-10H,4-5,11H2,1-3H3. The molecule has 0 radical (unpaired) electrons. The highest BCUT2D eigenvalue weighted by atomic mass is 32.1. The van der Waals surface area contributed by atoms with Gasteiger partial charge in [-0.1, -0.05) is 23.5 Å². The van der Waals surface area contributed by atoms with Crippen molar-refractivity contribution in [3.05, 3.63) is 46.5 Å². The van der Waals surface area contributed by atoms with Crippen molar-refractivity contribution in [2.24, 2.45) is 4.99 Å². The lowest BCUT2D eigenvalue weighted by atomic mass is 10.3. The maximum absolute atomic E-state index is 12.6. The van der Waals surface area contributed by atoms with Gasteiger partial charge in [0.25, 0.3) is 5.91 Å². The highest BCUT2D eigenvalue weighted by molar-refractivity contribution is 7.16. The van der Waals surface area contributed by atoms with E-state index in [9.17, 15) is 9.59 Å². The second kappa shape index (κ2) is 7.65. The van der Waals surface area contributed by atoms with E-state index in [-0.39, 0.29) is 12.5 Å². The smallest absolute Gasteiger partial charge is 0.326 e. The van der Waals surface area contributed by atoms with Gasteiger partial charge in [0.15, 0.2) is 10.5 Å². The van der Waals surface area contributed by atoms with Crippen LogP contribution in [0, 0.1) is 6.92 Å². The number of thiazole rings is 1. The number of hydrogen-bond acceptors (Lipinski definition) is 5. The van der Waals surface area contributed by atoms with Crippen LogP contribution in [-0.2, 0) is 22.6 Å². The van der Waals surface area contributed by atoms with Crippen molar-refractivity contribution in [3.8, 4) is 0 Å². The van der Waals surface area contributed by atoms with Gasteiger partial charge >= 0.3 is 5.97 Å². The Kier molecular flexibility index (Phi) is 5.32. The summed E-state index contributed by atoms with van der Waals surface area (Å²) in [6.07, 6.45) is 0. The Morgan fingerprint density at radius 3 is 2.73 bits per heavy atom. The van der Waals surface area contributed by atoms with E-state index in [0.717, 1.165) is 15.9 Å². The van der Waals surface area contributed by atoms with Crippen LogP contribution >= 0.6 is 11.3 Å². The molecule has 0 spiro atoms. The van der Waals surface area contributed by atoms with Crippen molar-refractivity contribution < 1.29 is 14.3 Å². The average molecular weight is 372 g/mol. The Hall–Kier alpha value is -2.74. The first-order valence-corrected chi connectivity index (χ1v) is 9.22. The second-order valence-electron chi connectivity index (χ2n) is 5.65. The molecule has 0 unspecified atom stereocenters. The number of amides is 1. The van der Waals surface area contributed by atoms with E-state index in [2.05, 4.69) is 10.1 Å². The predicted octanol–water partition coefficient (Wildman–Crippen LogP) is 2.53. The van der Waals surface area contributed by atoms with Crippen LogP contribution in [0.15, 0.2) is 35.3 Å². The monoisotopic (exact) mass is 372 g/mol. The molecule has 26 heavy (non-hydrogen) atoms. The van der Waals surface area contributed by atoms with Crippen molar-refractivity contribution in [1.29, 1.82) is 0 Å². The van der Waals surface area contributed by atoms with E-state index in [1.165, 1.54) is 11.3 Å². The van der Waals surface area contributed by atoms with Crippen LogP contribution in [0.4, 0.5) is 0 Å². The molecule has 1 aromatic carbocycles. The fourth-order valence-corrected chi connectivity index (χ4v) is 3.70. The topological polar surface area (TPSA) is 78.5 Å². The van der Waals surface area contributed by atoms with Gasteiger partial charge in [0.1, 0.15) is 6.54 Å². The zero-order chi connectivity index (χ0) is 18.7. The summed E-state index contributed by atoms with van der Waals surface area (Å²) in [6, 6.07) is 9.34. The molecule has 0 saturated heterocycles. The second-order valence-corrected chi connectivity index (χ2v) is 6.66. The molecule has 7 nitrogen and oxygen atoms in total. The zero-order valence-electron chi connectivity index (χ0n) is 14.9. The zero-order valence-corrected chi connectivity index (χ0v) is 15.7. The van der Waals surface area contributed by atoms with E-state index in [0.29, 0.717) is 23.6 Å². The third kappa shape index (κ3) is 3.60. The number of rotatable bonds is 5. The number of benzene rings is 1. The van der Waals surface area contributed by atoms with Gasteiger partial charge in [-0.3, -0.25) is 14.3 Å². The van der Waals surface area contributed by atoms with Gasteiger partial charge in [0, 0.05) is 12.2 Å². The van der Waals surface area contributed by atoms with Crippen molar-refractivity contribution >= 4 is 33.4 Å². The third-order valence-electron chi connectivity index (χ3n) is 3.88. The number of fused-ring (bicyclic) bond motifs is 1. The number of ether oxygens (including phenoxy) is 1. The Bertz CT molecular complexity index is 1030. The van der Waals surface area contributed by atoms with E-state index in [1.54, 1.807) is 22.2 Å². The Labute approximate surface area is 154 Å². The molecule has 3 rings (SSSR count). The molecule has 2 heterocycles. The lowest BCUT2D eigenvalue weighted by molar-refractivity contribution is -0.143. The van der Waals surface area contributed by atoms with Crippen molar-refractivity contribution in [1.82, 2.24) is 14.3 Å². The summed E-state index contributed by atoms with van der Waals surface area (Å²) in [6.45, 7) is 6.62. The molecule has 1 amide bonds. The van der Waals surface area contributed by atoms with Gasteiger partial charge in [-0.15, -0.1) is 0 Å². The normalized spacial score (nSPS) is 11.9. The molecule has 0 aliphatic rings. The molecule has 0 bridgehead atoms. The van der Waals surface area contributed by atoms with Crippen LogP contribution in [0.5, 0.6) is 0 Å². The van der Waals surface area contributed by atoms with Gasteiger partial charge < -0.3 is 9.30 Å². The fraction of sp³-hybridized carbons (Fsp3) is 0.333. The number of para-hydroxylation sites is 1. The van der Waals surface area contributed by atoms with Gasteiger partial charge in [0.05, 0.1) is 16.8 Å². The highest BCUT2D eigenvalue weighted by Crippen LogP contribution is 2.17. The number of hydrogen-bond donors (Lipinski definition) is 0. The van der Waals surface area contributed by atoms with E-state index in [1.807, 2.05) is 38.1 Å². The first-order chi connectivity index (χ1) is 12.5. The van der Waals surface area contributed by atoms with Crippen molar-refractivity contribution in [2.75, 3.05) is 6.61 Å². The molecule has 136 valence electrons. The third-order valence-corrected chi connectivity index (χ3v) is 4.94. The molecular formula is C18H20N4O3S. The van der Waals surface area contributed by atoms with Crippen LogP contribution in [0.2, 0.25) is 0 Å². The molecule has 0 saturated carbocycles. The molecule has 0 N–H and O–H groups in total. The number of esters is 1. The summed E-state index contributed by atoms with van der Waals surface area (Å²) in [7, 11) is 0. The van der Waals surface area contributed by atoms with E-state index >= 15 is 0 Å². The summed E-state index contributed by atoms with van der Waals surface area (Å²) < 4.78 is 9.45. The maximum atomic E-state index is 12.6. The summed E-state index contributed by atoms with van der Waals surface area (Å²) in [5.74, 6) is -0.791. The lowest BCUT2D eigenvalue weighted by Crippen LogP contribution is -2.23. The minimum absolute atomic E-state index is 0.00634. The van der Waals surface area contributed by atoms with Crippen LogP contribution in [0.25, 0.3) is 10.2 Å². The van der Waals surface area contributed by atoms with Gasteiger partial charge in [-0.2, -0.15) is 10.1 Å². The van der Waals surface area contributed by atoms with Gasteiger partial charge in [-0.25, -0.2) is 0 Å². The van der Waals surface area contributed by atoms with Gasteiger partial charge in [-0.05, 0) is 39.0 Å². The summed E-state index contributed by atoms with van der Waals surface area (Å²) in [5, 5.41) is 4.28. The molecule has 3 aromatic rings. The number of carbonyl (C=O) groups excluding carboxylic acids is 2. The first-order valence-electron chi connectivity index (χ1n) is 8.41. The fourth-order valence-electron chi connectivity index (χ4n) is 2.67. The summed E-state index contributed by atoms with van der Waals surface area (Å²) in [4.78, 5) is 29.2. The Balaban J connectivity index is 2.06. The summed E-state index contributed by atoms with van der Waals surface area (Å²) in [5.41, 5.74) is 2.04. The Morgan fingerprint density at radius 2 is 2.04 bits per heavy atom. The molecule has 0 aliphatic carbocycles. The van der Waals surface area contributed by atoms with Crippen LogP contribution in [0.1, 0.15) is 30.0 Å². The average Bonchev–Trinajstić information content (AvgIpc) is 3.16. The largest absolute Gasteiger partial charge is 0.465 e. The number of carbonyl (C=O) groups is 2. The predicted molar refractivity (Wildman–Crippen MR) is 99.0 cm³/mol. The molecule has 0 fully saturated rings.